The van der Waals surface area contributed by atoms with Crippen molar-refractivity contribution in [1.29, 1.82) is 0 Å². The highest BCUT2D eigenvalue weighted by atomic mass is 32.2. The monoisotopic (exact) mass is 372 g/mol. The molecular weight excluding hydrogens is 348 g/mol. The van der Waals surface area contributed by atoms with Crippen LogP contribution in [0.1, 0.15) is 45.6 Å². The third-order valence-electron chi connectivity index (χ3n) is 5.91. The van der Waals surface area contributed by atoms with Gasteiger partial charge in [0.15, 0.2) is 5.16 Å². The van der Waals surface area contributed by atoms with Crippen LogP contribution in [0.5, 0.6) is 0 Å². The number of esters is 1. The van der Waals surface area contributed by atoms with E-state index in [4.69, 9.17) is 9.72 Å². The maximum atomic E-state index is 13.3. The summed E-state index contributed by atoms with van der Waals surface area (Å²) in [6, 6.07) is 7.61. The highest BCUT2D eigenvalue weighted by molar-refractivity contribution is 8.00. The van der Waals surface area contributed by atoms with E-state index in [1.54, 1.807) is 0 Å². The van der Waals surface area contributed by atoms with E-state index in [-0.39, 0.29) is 22.8 Å². The lowest BCUT2D eigenvalue weighted by Crippen LogP contribution is -2.35. The number of carbonyl (C=O) groups excluding carboxylic acids is 1. The highest BCUT2D eigenvalue weighted by Crippen LogP contribution is 2.40. The molecule has 0 N–H and O–H groups in total. The first kappa shape index (κ1) is 17.6. The maximum Gasteiger partial charge on any atom is 0.319 e. The Labute approximate surface area is 157 Å². The van der Waals surface area contributed by atoms with Crippen LogP contribution in [-0.2, 0) is 9.53 Å². The van der Waals surface area contributed by atoms with E-state index in [9.17, 15) is 9.59 Å². The van der Waals surface area contributed by atoms with Crippen molar-refractivity contribution < 1.29 is 9.53 Å². The van der Waals surface area contributed by atoms with Crippen LogP contribution in [0.25, 0.3) is 10.9 Å². The molecule has 26 heavy (non-hydrogen) atoms. The first-order valence-corrected chi connectivity index (χ1v) is 10.3. The molecule has 6 heteroatoms. The van der Waals surface area contributed by atoms with Crippen LogP contribution in [0.3, 0.4) is 0 Å². The number of thioether (sulfide) groups is 1. The number of cyclic esters (lactones) is 1. The van der Waals surface area contributed by atoms with Crippen molar-refractivity contribution in [3.8, 4) is 0 Å². The van der Waals surface area contributed by atoms with Gasteiger partial charge in [-0.15, -0.1) is 0 Å². The standard InChI is InChI=1S/C20H24N2O3S/c1-12-6-5-9-16(13(12)2)22-18(23)14-7-3-4-8-15(14)21-20(22)26-17-10-11-25-19(17)24/h3-4,7-8,12-13,16-17H,5-6,9-11H2,1-2H3/t12-,13-,16+,17-/m1/s1. The minimum Gasteiger partial charge on any atom is -0.465 e. The van der Waals surface area contributed by atoms with E-state index in [0.29, 0.717) is 40.9 Å². The Hall–Kier alpha value is -1.82. The summed E-state index contributed by atoms with van der Waals surface area (Å²) in [7, 11) is 0. The molecule has 2 fully saturated rings. The lowest BCUT2D eigenvalue weighted by molar-refractivity contribution is -0.137. The van der Waals surface area contributed by atoms with E-state index < -0.39 is 0 Å². The van der Waals surface area contributed by atoms with E-state index >= 15 is 0 Å². The normalized spacial score (nSPS) is 29.1. The summed E-state index contributed by atoms with van der Waals surface area (Å²) in [5.74, 6) is 0.773. The number of carbonyl (C=O) groups is 1. The predicted octanol–water partition coefficient (Wildman–Crippen LogP) is 3.80. The maximum absolute atomic E-state index is 13.3. The second-order valence-corrected chi connectivity index (χ2v) is 8.65. The number of benzene rings is 1. The van der Waals surface area contributed by atoms with E-state index in [2.05, 4.69) is 13.8 Å². The Bertz CT molecular complexity index is 894. The van der Waals surface area contributed by atoms with Gasteiger partial charge in [-0.1, -0.05) is 50.6 Å². The van der Waals surface area contributed by atoms with E-state index in [1.807, 2.05) is 28.8 Å². The number of aromatic nitrogens is 2. The number of fused-ring (bicyclic) bond motifs is 1. The van der Waals surface area contributed by atoms with Crippen molar-refractivity contribution in [2.45, 2.75) is 56.0 Å². The molecule has 1 saturated carbocycles. The molecule has 1 aliphatic heterocycles. The summed E-state index contributed by atoms with van der Waals surface area (Å²) in [5, 5.41) is 1.03. The van der Waals surface area contributed by atoms with Gasteiger partial charge in [0.05, 0.1) is 17.5 Å². The third-order valence-corrected chi connectivity index (χ3v) is 7.12. The van der Waals surface area contributed by atoms with Crippen LogP contribution in [-0.4, -0.2) is 27.4 Å². The van der Waals surface area contributed by atoms with Gasteiger partial charge in [0.1, 0.15) is 5.25 Å². The lowest BCUT2D eigenvalue weighted by Gasteiger charge is -2.36. The zero-order chi connectivity index (χ0) is 18.3. The van der Waals surface area contributed by atoms with Gasteiger partial charge in [-0.3, -0.25) is 14.2 Å². The smallest absolute Gasteiger partial charge is 0.319 e. The topological polar surface area (TPSA) is 61.2 Å². The van der Waals surface area contributed by atoms with Crippen molar-refractivity contribution in [2.24, 2.45) is 11.8 Å². The fraction of sp³-hybridized carbons (Fsp3) is 0.550. The molecular formula is C20H24N2O3S. The Morgan fingerprint density at radius 1 is 1.15 bits per heavy atom. The lowest BCUT2D eigenvalue weighted by atomic mass is 9.78. The van der Waals surface area contributed by atoms with Crippen molar-refractivity contribution in [2.75, 3.05) is 6.61 Å². The second kappa shape index (κ2) is 7.06. The summed E-state index contributed by atoms with van der Waals surface area (Å²) < 4.78 is 6.98. The predicted molar refractivity (Wildman–Crippen MR) is 102 cm³/mol. The van der Waals surface area contributed by atoms with Crippen molar-refractivity contribution in [3.63, 3.8) is 0 Å². The molecule has 2 aromatic rings. The van der Waals surface area contributed by atoms with Gasteiger partial charge >= 0.3 is 5.97 Å². The number of rotatable bonds is 3. The molecule has 1 aliphatic carbocycles. The molecule has 4 rings (SSSR count). The van der Waals surface area contributed by atoms with Gasteiger partial charge in [0.2, 0.25) is 0 Å². The van der Waals surface area contributed by atoms with Gasteiger partial charge in [-0.25, -0.2) is 4.98 Å². The molecule has 0 amide bonds. The third kappa shape index (κ3) is 3.04. The largest absolute Gasteiger partial charge is 0.465 e. The SMILES string of the molecule is C[C@@H]1[C@H](C)CCC[C@@H]1n1c(S[C@@H]2CCOC2=O)nc2ccccc2c1=O. The molecule has 1 aromatic heterocycles. The van der Waals surface area contributed by atoms with E-state index in [0.717, 1.165) is 12.8 Å². The van der Waals surface area contributed by atoms with Crippen LogP contribution >= 0.6 is 11.8 Å². The van der Waals surface area contributed by atoms with Gasteiger partial charge in [0, 0.05) is 12.5 Å². The first-order valence-electron chi connectivity index (χ1n) is 9.41. The summed E-state index contributed by atoms with van der Waals surface area (Å²) in [6.45, 7) is 4.94. The Morgan fingerprint density at radius 3 is 2.73 bits per heavy atom. The Balaban J connectivity index is 1.85. The molecule has 4 atom stereocenters. The average Bonchev–Trinajstić information content (AvgIpc) is 3.03. The molecule has 138 valence electrons. The fourth-order valence-corrected chi connectivity index (χ4v) is 5.25. The molecule has 2 aliphatic rings. The molecule has 5 nitrogen and oxygen atoms in total. The second-order valence-electron chi connectivity index (χ2n) is 7.48. The van der Waals surface area contributed by atoms with Crippen LogP contribution in [0.15, 0.2) is 34.2 Å². The summed E-state index contributed by atoms with van der Waals surface area (Å²) in [5.41, 5.74) is 0.703. The summed E-state index contributed by atoms with van der Waals surface area (Å²) in [6.07, 6.45) is 3.97. The quantitative estimate of drug-likeness (QED) is 0.606. The summed E-state index contributed by atoms with van der Waals surface area (Å²) in [4.78, 5) is 30.1. The van der Waals surface area contributed by atoms with Crippen LogP contribution in [0.2, 0.25) is 0 Å². The minimum absolute atomic E-state index is 0.00964. The zero-order valence-corrected chi connectivity index (χ0v) is 16.0. The van der Waals surface area contributed by atoms with Crippen molar-refractivity contribution >= 4 is 28.6 Å². The average molecular weight is 372 g/mol. The number of hydrogen-bond acceptors (Lipinski definition) is 5. The fourth-order valence-electron chi connectivity index (χ4n) is 4.13. The number of nitrogens with zero attached hydrogens (tertiary/aromatic N) is 2. The molecule has 0 unspecified atom stereocenters. The van der Waals surface area contributed by atoms with Gasteiger partial charge in [-0.2, -0.15) is 0 Å². The van der Waals surface area contributed by atoms with Crippen LogP contribution < -0.4 is 5.56 Å². The number of para-hydroxylation sites is 1. The highest BCUT2D eigenvalue weighted by Gasteiger charge is 2.34. The molecule has 2 heterocycles. The number of hydrogen-bond donors (Lipinski definition) is 0. The van der Waals surface area contributed by atoms with Crippen molar-refractivity contribution in [1.82, 2.24) is 9.55 Å². The van der Waals surface area contributed by atoms with Gasteiger partial charge in [-0.05, 0) is 30.4 Å². The Morgan fingerprint density at radius 2 is 1.96 bits per heavy atom. The molecule has 0 radical (unpaired) electrons. The van der Waals surface area contributed by atoms with E-state index in [1.165, 1.54) is 18.2 Å². The van der Waals surface area contributed by atoms with Crippen LogP contribution in [0, 0.1) is 11.8 Å². The first-order chi connectivity index (χ1) is 12.6. The summed E-state index contributed by atoms with van der Waals surface area (Å²) >= 11 is 1.39. The zero-order valence-electron chi connectivity index (χ0n) is 15.2. The minimum atomic E-state index is -0.273. The van der Waals surface area contributed by atoms with Gasteiger partial charge < -0.3 is 4.74 Å². The molecule has 1 saturated heterocycles. The van der Waals surface area contributed by atoms with Gasteiger partial charge in [0.25, 0.3) is 5.56 Å². The molecule has 1 aromatic carbocycles. The number of ether oxygens (including phenoxy) is 1. The van der Waals surface area contributed by atoms with Crippen molar-refractivity contribution in [3.05, 3.63) is 34.6 Å². The Kier molecular flexibility index (Phi) is 4.78. The van der Waals surface area contributed by atoms with Crippen LogP contribution in [0.4, 0.5) is 0 Å². The molecule has 0 bridgehead atoms. The molecule has 0 spiro atoms.